The van der Waals surface area contributed by atoms with E-state index >= 15 is 0 Å². The second kappa shape index (κ2) is 12.5. The van der Waals surface area contributed by atoms with Crippen LogP contribution in [0.4, 0.5) is 0 Å². The number of carbonyl (C=O) groups excluding carboxylic acids is 1. The van der Waals surface area contributed by atoms with E-state index in [-0.39, 0.29) is 36.1 Å². The molecule has 10 heteroatoms. The number of carbonyl (C=O) groups is 1. The number of methoxy groups -OCH3 is 1. The molecule has 6 rings (SSSR count). The largest absolute Gasteiger partial charge is 0.497 e. The maximum atomic E-state index is 12.6. The molecule has 4 heterocycles. The van der Waals surface area contributed by atoms with Crippen molar-refractivity contribution in [2.75, 3.05) is 46.9 Å². The van der Waals surface area contributed by atoms with E-state index in [0.717, 1.165) is 63.1 Å². The van der Waals surface area contributed by atoms with Gasteiger partial charge in [-0.25, -0.2) is 0 Å². The lowest BCUT2D eigenvalue weighted by Gasteiger charge is -2.55. The number of amides is 1. The predicted molar refractivity (Wildman–Crippen MR) is 159 cm³/mol. The number of likely N-dealkylation sites (N-methyl/N-ethyl adjacent to an activating group) is 1. The van der Waals surface area contributed by atoms with Crippen LogP contribution in [0.25, 0.3) is 0 Å². The average molecular weight is 579 g/mol. The van der Waals surface area contributed by atoms with E-state index in [9.17, 15) is 10.1 Å². The molecule has 0 bridgehead atoms. The molecule has 228 valence electrons. The topological polar surface area (TPSA) is 102 Å². The molecular formula is C32H46N6O4. The van der Waals surface area contributed by atoms with Gasteiger partial charge in [0.1, 0.15) is 17.1 Å². The summed E-state index contributed by atoms with van der Waals surface area (Å²) in [5, 5.41) is 17.2. The summed E-state index contributed by atoms with van der Waals surface area (Å²) in [6, 6.07) is 8.96. The predicted octanol–water partition coefficient (Wildman–Crippen LogP) is 2.45. The molecule has 42 heavy (non-hydrogen) atoms. The van der Waals surface area contributed by atoms with E-state index in [4.69, 9.17) is 14.2 Å². The SMILES string of the molecule is C=CC(=O)N1CCN(C2NC(OCC3CCCN3C)NC3C[C@@]4(CCc5cc(OC)ccc5O4)CCC32)CC1CC#N. The molecule has 7 atom stereocenters. The number of fused-ring (bicyclic) bond motifs is 2. The number of hydrogen-bond acceptors (Lipinski definition) is 9. The van der Waals surface area contributed by atoms with Gasteiger partial charge in [-0.1, -0.05) is 6.58 Å². The van der Waals surface area contributed by atoms with Gasteiger partial charge < -0.3 is 24.0 Å². The molecule has 1 saturated carbocycles. The first-order chi connectivity index (χ1) is 20.4. The maximum absolute atomic E-state index is 12.6. The number of benzene rings is 1. The van der Waals surface area contributed by atoms with Crippen LogP contribution in [0.2, 0.25) is 0 Å². The lowest BCUT2D eigenvalue weighted by molar-refractivity contribution is -0.139. The van der Waals surface area contributed by atoms with Crippen molar-refractivity contribution in [1.29, 1.82) is 5.26 Å². The maximum Gasteiger partial charge on any atom is 0.246 e. The molecule has 5 aliphatic rings. The normalized spacial score (nSPS) is 35.1. The number of nitrogens with one attached hydrogen (secondary N) is 2. The minimum atomic E-state index is -0.275. The second-order valence-electron chi connectivity index (χ2n) is 12.8. The van der Waals surface area contributed by atoms with Crippen LogP contribution < -0.4 is 20.1 Å². The Bertz CT molecular complexity index is 1190. The molecule has 2 N–H and O–H groups in total. The fourth-order valence-corrected chi connectivity index (χ4v) is 8.00. The smallest absolute Gasteiger partial charge is 0.246 e. The highest BCUT2D eigenvalue weighted by Gasteiger charge is 2.51. The number of piperazine rings is 1. The van der Waals surface area contributed by atoms with Crippen molar-refractivity contribution in [2.24, 2.45) is 5.92 Å². The number of ether oxygens (including phenoxy) is 3. The minimum Gasteiger partial charge on any atom is -0.497 e. The van der Waals surface area contributed by atoms with Crippen LogP contribution in [-0.2, 0) is 16.0 Å². The summed E-state index contributed by atoms with van der Waals surface area (Å²) in [6.07, 6.45) is 8.76. The van der Waals surface area contributed by atoms with Gasteiger partial charge in [0.05, 0.1) is 38.4 Å². The van der Waals surface area contributed by atoms with Crippen LogP contribution in [0.15, 0.2) is 30.9 Å². The third-order valence-corrected chi connectivity index (χ3v) is 10.4. The van der Waals surface area contributed by atoms with Gasteiger partial charge in [-0.2, -0.15) is 5.26 Å². The number of aryl methyl sites for hydroxylation is 1. The van der Waals surface area contributed by atoms with E-state index in [1.54, 1.807) is 7.11 Å². The molecule has 1 aromatic rings. The molecule has 1 amide bonds. The zero-order chi connectivity index (χ0) is 29.3. The molecule has 3 saturated heterocycles. The Morgan fingerprint density at radius 2 is 2.12 bits per heavy atom. The number of nitriles is 1. The van der Waals surface area contributed by atoms with Crippen LogP contribution in [0.1, 0.15) is 50.5 Å². The quantitative estimate of drug-likeness (QED) is 0.473. The molecule has 10 nitrogen and oxygen atoms in total. The molecule has 4 fully saturated rings. The zero-order valence-corrected chi connectivity index (χ0v) is 25.1. The lowest BCUT2D eigenvalue weighted by atomic mass is 9.70. The summed E-state index contributed by atoms with van der Waals surface area (Å²) in [5.41, 5.74) is 1.02. The van der Waals surface area contributed by atoms with Gasteiger partial charge in [0, 0.05) is 44.1 Å². The Morgan fingerprint density at radius 1 is 1.24 bits per heavy atom. The third kappa shape index (κ3) is 5.90. The van der Waals surface area contributed by atoms with Crippen LogP contribution in [-0.4, -0.2) is 104 Å². The molecule has 1 aromatic carbocycles. The summed E-state index contributed by atoms with van der Waals surface area (Å²) in [5.74, 6) is 2.11. The zero-order valence-electron chi connectivity index (χ0n) is 25.1. The van der Waals surface area contributed by atoms with Gasteiger partial charge >= 0.3 is 0 Å². The van der Waals surface area contributed by atoms with Gasteiger partial charge in [-0.05, 0) is 82.0 Å². The molecular weight excluding hydrogens is 532 g/mol. The van der Waals surface area contributed by atoms with E-state index in [2.05, 4.69) is 52.3 Å². The highest BCUT2D eigenvalue weighted by Crippen LogP contribution is 2.46. The molecule has 4 aliphatic heterocycles. The third-order valence-electron chi connectivity index (χ3n) is 10.4. The Hall–Kier alpha value is -2.68. The molecule has 1 spiro atoms. The summed E-state index contributed by atoms with van der Waals surface area (Å²) in [4.78, 5) is 19.2. The summed E-state index contributed by atoms with van der Waals surface area (Å²) >= 11 is 0. The summed E-state index contributed by atoms with van der Waals surface area (Å²) < 4.78 is 18.8. The van der Waals surface area contributed by atoms with Crippen molar-refractivity contribution >= 4 is 5.91 Å². The van der Waals surface area contributed by atoms with Gasteiger partial charge in [0.25, 0.3) is 0 Å². The lowest BCUT2D eigenvalue weighted by Crippen LogP contribution is -2.73. The van der Waals surface area contributed by atoms with Crippen LogP contribution in [0.3, 0.4) is 0 Å². The Balaban J connectivity index is 1.20. The van der Waals surface area contributed by atoms with Crippen LogP contribution in [0, 0.1) is 17.2 Å². The van der Waals surface area contributed by atoms with Gasteiger partial charge in [-0.3, -0.25) is 20.3 Å². The standard InChI is InChI=1S/C32H46N6O4/c1-4-29(39)38-17-16-37(20-23(38)11-14-33)30-26-10-13-32(12-9-22-18-25(40-3)7-8-28(22)42-32)19-27(26)34-31(35-30)41-21-24-6-5-15-36(24)2/h4,7-8,18,23-24,26-27,30-31,34-35H,1,5-6,9-13,15-17,19-21H2,2-3H3/t23?,24?,26?,27?,30?,31?,32-/m1/s1. The van der Waals surface area contributed by atoms with E-state index < -0.39 is 0 Å². The second-order valence-corrected chi connectivity index (χ2v) is 12.8. The highest BCUT2D eigenvalue weighted by molar-refractivity contribution is 5.87. The van der Waals surface area contributed by atoms with Crippen molar-refractivity contribution in [2.45, 2.75) is 87.6 Å². The minimum absolute atomic E-state index is 0.0854. The van der Waals surface area contributed by atoms with Crippen LogP contribution >= 0.6 is 0 Å². The first kappa shape index (κ1) is 29.4. The average Bonchev–Trinajstić information content (AvgIpc) is 3.43. The van der Waals surface area contributed by atoms with Gasteiger partial charge in [0.15, 0.2) is 6.35 Å². The van der Waals surface area contributed by atoms with E-state index in [1.807, 2.05) is 11.0 Å². The van der Waals surface area contributed by atoms with Crippen molar-refractivity contribution in [3.05, 3.63) is 36.4 Å². The molecule has 1 aliphatic carbocycles. The van der Waals surface area contributed by atoms with Gasteiger partial charge in [0.2, 0.25) is 5.91 Å². The summed E-state index contributed by atoms with van der Waals surface area (Å²) in [6.45, 7) is 7.47. The highest BCUT2D eigenvalue weighted by atomic mass is 16.5. The van der Waals surface area contributed by atoms with E-state index in [1.165, 1.54) is 18.1 Å². The number of likely N-dealkylation sites (tertiary alicyclic amines) is 1. The van der Waals surface area contributed by atoms with Crippen molar-refractivity contribution in [1.82, 2.24) is 25.3 Å². The molecule has 0 aromatic heterocycles. The first-order valence-electron chi connectivity index (χ1n) is 15.7. The number of hydrogen-bond donors (Lipinski definition) is 2. The number of rotatable bonds is 7. The van der Waals surface area contributed by atoms with E-state index in [0.29, 0.717) is 38.1 Å². The monoisotopic (exact) mass is 578 g/mol. The van der Waals surface area contributed by atoms with Crippen molar-refractivity contribution in [3.8, 4) is 17.6 Å². The van der Waals surface area contributed by atoms with Crippen molar-refractivity contribution < 1.29 is 19.0 Å². The fourth-order valence-electron chi connectivity index (χ4n) is 8.00. The molecule has 0 radical (unpaired) electrons. The van der Waals surface area contributed by atoms with Crippen molar-refractivity contribution in [3.63, 3.8) is 0 Å². The molecule has 6 unspecified atom stereocenters. The Labute approximate surface area is 249 Å². The first-order valence-corrected chi connectivity index (χ1v) is 15.7. The fraction of sp³-hybridized carbons (Fsp3) is 0.688. The summed E-state index contributed by atoms with van der Waals surface area (Å²) in [7, 11) is 3.88. The Kier molecular flexibility index (Phi) is 8.75. The van der Waals surface area contributed by atoms with Crippen LogP contribution in [0.5, 0.6) is 11.5 Å². The number of nitrogens with zero attached hydrogens (tertiary/aromatic N) is 4. The van der Waals surface area contributed by atoms with Gasteiger partial charge in [-0.15, -0.1) is 0 Å². The Morgan fingerprint density at radius 3 is 2.88 bits per heavy atom.